The molecule has 0 radical (unpaired) electrons. The summed E-state index contributed by atoms with van der Waals surface area (Å²) in [7, 11) is 0. The minimum absolute atomic E-state index is 0.811. The third kappa shape index (κ3) is 2.16. The van der Waals surface area contributed by atoms with Crippen molar-refractivity contribution >= 4 is 11.4 Å². The van der Waals surface area contributed by atoms with E-state index in [0.29, 0.717) is 0 Å². The Morgan fingerprint density at radius 1 is 1.25 bits per heavy atom. The van der Waals surface area contributed by atoms with Crippen LogP contribution in [0.25, 0.3) is 0 Å². The third-order valence-electron chi connectivity index (χ3n) is 3.58. The maximum absolute atomic E-state index is 5.93. The number of hydrogen-bond acceptors (Lipinski definition) is 2. The van der Waals surface area contributed by atoms with Crippen molar-refractivity contribution in [2.24, 2.45) is 5.92 Å². The van der Waals surface area contributed by atoms with Gasteiger partial charge in [-0.1, -0.05) is 6.92 Å². The molecule has 2 nitrogen and oxygen atoms in total. The molecule has 0 saturated carbocycles. The van der Waals surface area contributed by atoms with Crippen LogP contribution in [0.4, 0.5) is 11.4 Å². The summed E-state index contributed by atoms with van der Waals surface area (Å²) in [5, 5.41) is 0. The molecule has 0 unspecified atom stereocenters. The van der Waals surface area contributed by atoms with Crippen LogP contribution in [0.2, 0.25) is 0 Å². The van der Waals surface area contributed by atoms with Gasteiger partial charge in [-0.3, -0.25) is 0 Å². The van der Waals surface area contributed by atoms with Crippen molar-refractivity contribution < 1.29 is 0 Å². The molecule has 1 atom stereocenters. The summed E-state index contributed by atoms with van der Waals surface area (Å²) in [6.07, 6.45) is 2.67. The van der Waals surface area contributed by atoms with Gasteiger partial charge in [0, 0.05) is 24.5 Å². The first-order valence-corrected chi connectivity index (χ1v) is 6.19. The minimum atomic E-state index is 0.811. The fraction of sp³-hybridized carbons (Fsp3) is 0.571. The highest BCUT2D eigenvalue weighted by atomic mass is 15.1. The van der Waals surface area contributed by atoms with Gasteiger partial charge < -0.3 is 10.6 Å². The van der Waals surface area contributed by atoms with E-state index in [-0.39, 0.29) is 0 Å². The van der Waals surface area contributed by atoms with Gasteiger partial charge in [0.25, 0.3) is 0 Å². The number of benzene rings is 1. The molecule has 0 spiro atoms. The molecule has 2 rings (SSSR count). The summed E-state index contributed by atoms with van der Waals surface area (Å²) < 4.78 is 0. The van der Waals surface area contributed by atoms with Crippen molar-refractivity contribution in [2.45, 2.75) is 33.6 Å². The highest BCUT2D eigenvalue weighted by Crippen LogP contribution is 2.29. The fourth-order valence-corrected chi connectivity index (χ4v) is 2.57. The van der Waals surface area contributed by atoms with E-state index in [0.717, 1.165) is 11.6 Å². The van der Waals surface area contributed by atoms with Gasteiger partial charge in [-0.05, 0) is 55.9 Å². The zero-order valence-electron chi connectivity index (χ0n) is 10.6. The van der Waals surface area contributed by atoms with Crippen LogP contribution in [-0.4, -0.2) is 13.1 Å². The lowest BCUT2D eigenvalue weighted by atomic mass is 9.98. The minimum Gasteiger partial charge on any atom is -0.399 e. The molecule has 0 aliphatic carbocycles. The molecule has 88 valence electrons. The summed E-state index contributed by atoms with van der Waals surface area (Å²) in [5.41, 5.74) is 10.7. The second-order valence-corrected chi connectivity index (χ2v) is 5.19. The predicted octanol–water partition coefficient (Wildman–Crippen LogP) is 3.12. The van der Waals surface area contributed by atoms with E-state index in [1.807, 2.05) is 0 Å². The Morgan fingerprint density at radius 3 is 2.69 bits per heavy atom. The molecule has 0 bridgehead atoms. The largest absolute Gasteiger partial charge is 0.399 e. The predicted molar refractivity (Wildman–Crippen MR) is 70.9 cm³/mol. The van der Waals surface area contributed by atoms with Gasteiger partial charge in [-0.2, -0.15) is 0 Å². The van der Waals surface area contributed by atoms with E-state index in [4.69, 9.17) is 5.73 Å². The molecule has 1 aromatic carbocycles. The van der Waals surface area contributed by atoms with Crippen LogP contribution in [-0.2, 0) is 0 Å². The molecule has 1 fully saturated rings. The maximum atomic E-state index is 5.93. The van der Waals surface area contributed by atoms with Crippen molar-refractivity contribution in [3.63, 3.8) is 0 Å². The first-order valence-electron chi connectivity index (χ1n) is 6.19. The van der Waals surface area contributed by atoms with Crippen molar-refractivity contribution in [2.75, 3.05) is 23.7 Å². The van der Waals surface area contributed by atoms with E-state index in [1.165, 1.54) is 42.7 Å². The average molecular weight is 218 g/mol. The van der Waals surface area contributed by atoms with Gasteiger partial charge in [-0.25, -0.2) is 0 Å². The molecule has 0 amide bonds. The summed E-state index contributed by atoms with van der Waals surface area (Å²) in [6.45, 7) is 8.96. The van der Waals surface area contributed by atoms with Crippen molar-refractivity contribution in [1.82, 2.24) is 0 Å². The van der Waals surface area contributed by atoms with E-state index in [1.54, 1.807) is 0 Å². The second-order valence-electron chi connectivity index (χ2n) is 5.19. The Balaban J connectivity index is 2.29. The number of anilines is 2. The molecule has 1 heterocycles. The number of hydrogen-bond donors (Lipinski definition) is 1. The van der Waals surface area contributed by atoms with E-state index in [2.05, 4.69) is 37.8 Å². The van der Waals surface area contributed by atoms with Crippen LogP contribution >= 0.6 is 0 Å². The lowest BCUT2D eigenvalue weighted by Crippen LogP contribution is -2.34. The van der Waals surface area contributed by atoms with Gasteiger partial charge in [-0.15, -0.1) is 0 Å². The Bertz CT molecular complexity index is 385. The first kappa shape index (κ1) is 11.3. The summed E-state index contributed by atoms with van der Waals surface area (Å²) in [5.74, 6) is 0.811. The number of aryl methyl sites for hydroxylation is 2. The highest BCUT2D eigenvalue weighted by Gasteiger charge is 2.18. The average Bonchev–Trinajstić information content (AvgIpc) is 2.23. The molecule has 2 heteroatoms. The molecule has 1 aliphatic rings. The zero-order chi connectivity index (χ0) is 11.7. The monoisotopic (exact) mass is 218 g/mol. The number of piperidine rings is 1. The van der Waals surface area contributed by atoms with Crippen LogP contribution in [0.3, 0.4) is 0 Å². The molecule has 1 aromatic rings. The number of rotatable bonds is 1. The Morgan fingerprint density at radius 2 is 2.00 bits per heavy atom. The summed E-state index contributed by atoms with van der Waals surface area (Å²) in [6, 6.07) is 4.34. The Kier molecular flexibility index (Phi) is 3.08. The summed E-state index contributed by atoms with van der Waals surface area (Å²) >= 11 is 0. The molecule has 1 aliphatic heterocycles. The molecule has 1 saturated heterocycles. The van der Waals surface area contributed by atoms with Crippen molar-refractivity contribution in [3.8, 4) is 0 Å². The van der Waals surface area contributed by atoms with Gasteiger partial charge in [0.05, 0.1) is 0 Å². The van der Waals surface area contributed by atoms with Gasteiger partial charge >= 0.3 is 0 Å². The molecule has 16 heavy (non-hydrogen) atoms. The maximum Gasteiger partial charge on any atom is 0.0400 e. The molecule has 0 aromatic heterocycles. The van der Waals surface area contributed by atoms with Crippen molar-refractivity contribution in [3.05, 3.63) is 23.3 Å². The lowest BCUT2D eigenvalue weighted by Gasteiger charge is -2.34. The topological polar surface area (TPSA) is 29.3 Å². The lowest BCUT2D eigenvalue weighted by molar-refractivity contribution is 0.446. The number of nitrogen functional groups attached to an aromatic ring is 1. The SMILES string of the molecule is Cc1cc(N2CCC[C@H](C)C2)c(C)cc1N. The molecule has 2 N–H and O–H groups in total. The number of nitrogens with zero attached hydrogens (tertiary/aromatic N) is 1. The van der Waals surface area contributed by atoms with Crippen LogP contribution in [0.5, 0.6) is 0 Å². The van der Waals surface area contributed by atoms with Crippen LogP contribution in [0, 0.1) is 19.8 Å². The quantitative estimate of drug-likeness (QED) is 0.734. The van der Waals surface area contributed by atoms with Gasteiger partial charge in [0.15, 0.2) is 0 Å². The zero-order valence-corrected chi connectivity index (χ0v) is 10.6. The molecular formula is C14H22N2. The third-order valence-corrected chi connectivity index (χ3v) is 3.58. The van der Waals surface area contributed by atoms with Gasteiger partial charge in [0.1, 0.15) is 0 Å². The van der Waals surface area contributed by atoms with Crippen LogP contribution in [0.1, 0.15) is 30.9 Å². The van der Waals surface area contributed by atoms with E-state index in [9.17, 15) is 0 Å². The number of nitrogens with two attached hydrogens (primary N) is 1. The second kappa shape index (κ2) is 4.36. The summed E-state index contributed by atoms with van der Waals surface area (Å²) in [4.78, 5) is 2.51. The smallest absolute Gasteiger partial charge is 0.0400 e. The van der Waals surface area contributed by atoms with E-state index < -0.39 is 0 Å². The van der Waals surface area contributed by atoms with E-state index >= 15 is 0 Å². The molecular weight excluding hydrogens is 196 g/mol. The van der Waals surface area contributed by atoms with Gasteiger partial charge in [0.2, 0.25) is 0 Å². The van der Waals surface area contributed by atoms with Crippen LogP contribution in [0.15, 0.2) is 12.1 Å². The van der Waals surface area contributed by atoms with Crippen molar-refractivity contribution in [1.29, 1.82) is 0 Å². The first-order chi connectivity index (χ1) is 7.58. The fourth-order valence-electron chi connectivity index (χ4n) is 2.57. The highest BCUT2D eigenvalue weighted by molar-refractivity contribution is 5.63. The normalized spacial score (nSPS) is 21.2. The van der Waals surface area contributed by atoms with Crippen LogP contribution < -0.4 is 10.6 Å². The Hall–Kier alpha value is -1.18. The standard InChI is InChI=1S/C14H22N2/c1-10-5-4-6-16(9-10)14-8-11(2)13(15)7-12(14)3/h7-8,10H,4-6,9,15H2,1-3H3/t10-/m0/s1. The Labute approximate surface area is 98.4 Å².